The topological polar surface area (TPSA) is 96.2 Å². The molecule has 0 atom stereocenters. The highest BCUT2D eigenvalue weighted by atomic mass is 16.5. The number of carbonyl (C=O) groups is 1. The molecule has 0 spiro atoms. The summed E-state index contributed by atoms with van der Waals surface area (Å²) in [5.41, 5.74) is 1.24. The number of hydrogen-bond donors (Lipinski definition) is 4. The zero-order valence-electron chi connectivity index (χ0n) is 13.3. The van der Waals surface area contributed by atoms with Gasteiger partial charge in [-0.1, -0.05) is 30.3 Å². The standard InChI is InChI=1S/C18H19N3O3/c1-20-8-7-17(19)21-18(23)14-9-15(22)11-16(10-14)24-12-13-5-3-2-4-6-13/h2-11,20,22H,12H2,1H3,(H2,19,21,23)/p+1/b8-7-. The number of hydrogen-bond acceptors (Lipinski definition) is 4. The third-order valence-corrected chi connectivity index (χ3v) is 3.09. The summed E-state index contributed by atoms with van der Waals surface area (Å²) in [4.78, 5) is 12.2. The summed E-state index contributed by atoms with van der Waals surface area (Å²) in [5.74, 6) is 0.0848. The zero-order valence-corrected chi connectivity index (χ0v) is 13.3. The fraction of sp³-hybridized carbons (Fsp3) is 0.111. The number of amidine groups is 1. The van der Waals surface area contributed by atoms with Crippen molar-refractivity contribution in [3.63, 3.8) is 0 Å². The molecule has 5 N–H and O–H groups in total. The van der Waals surface area contributed by atoms with Crippen molar-refractivity contribution in [2.24, 2.45) is 0 Å². The summed E-state index contributed by atoms with van der Waals surface area (Å²) >= 11 is 0. The van der Waals surface area contributed by atoms with Gasteiger partial charge in [0.25, 0.3) is 5.84 Å². The summed E-state index contributed by atoms with van der Waals surface area (Å²) in [5, 5.41) is 20.8. The lowest BCUT2D eigenvalue weighted by atomic mass is 10.2. The van der Waals surface area contributed by atoms with Gasteiger partial charge in [0.1, 0.15) is 18.1 Å². The Labute approximate surface area is 140 Å². The Kier molecular flexibility index (Phi) is 5.96. The monoisotopic (exact) mass is 326 g/mol. The molecule has 2 aromatic carbocycles. The molecule has 2 aromatic rings. The number of phenols is 1. The number of aromatic hydroxyl groups is 1. The number of rotatable bonds is 6. The minimum absolute atomic E-state index is 0.0601. The molecule has 2 rings (SSSR count). The van der Waals surface area contributed by atoms with E-state index in [0.717, 1.165) is 5.56 Å². The predicted molar refractivity (Wildman–Crippen MR) is 91.5 cm³/mol. The average Bonchev–Trinajstić information content (AvgIpc) is 2.58. The Balaban J connectivity index is 2.06. The maximum Gasteiger partial charge on any atom is 0.339 e. The molecular weight excluding hydrogens is 306 g/mol. The van der Waals surface area contributed by atoms with Gasteiger partial charge in [0.15, 0.2) is 0 Å². The highest BCUT2D eigenvalue weighted by molar-refractivity contribution is 6.08. The molecule has 0 aromatic heterocycles. The van der Waals surface area contributed by atoms with Crippen molar-refractivity contribution in [2.75, 3.05) is 7.05 Å². The molecular formula is C18H20N3O3+. The lowest BCUT2D eigenvalue weighted by Gasteiger charge is -2.08. The van der Waals surface area contributed by atoms with Crippen LogP contribution in [-0.2, 0) is 6.61 Å². The van der Waals surface area contributed by atoms with E-state index in [-0.39, 0.29) is 17.1 Å². The Morgan fingerprint density at radius 3 is 2.71 bits per heavy atom. The second kappa shape index (κ2) is 8.38. The van der Waals surface area contributed by atoms with Crippen LogP contribution in [0, 0.1) is 0 Å². The van der Waals surface area contributed by atoms with Gasteiger partial charge in [-0.05, 0) is 17.7 Å². The van der Waals surface area contributed by atoms with Gasteiger partial charge in [-0.25, -0.2) is 10.1 Å². The number of ether oxygens (including phenoxy) is 1. The van der Waals surface area contributed by atoms with Gasteiger partial charge in [-0.3, -0.25) is 5.41 Å². The SMILES string of the molecule is CN/C=C\C(=[NH2+])NC(=O)c1cc(O)cc(OCc2ccccc2)c1. The van der Waals surface area contributed by atoms with Gasteiger partial charge in [0, 0.05) is 25.4 Å². The van der Waals surface area contributed by atoms with Crippen LogP contribution >= 0.6 is 0 Å². The van der Waals surface area contributed by atoms with Crippen molar-refractivity contribution in [1.29, 1.82) is 0 Å². The summed E-state index contributed by atoms with van der Waals surface area (Å²) < 4.78 is 5.63. The minimum atomic E-state index is -0.436. The third kappa shape index (κ3) is 5.17. The normalized spacial score (nSPS) is 10.4. The number of nitrogens with two attached hydrogens (primary N) is 1. The van der Waals surface area contributed by atoms with Crippen LogP contribution in [0.25, 0.3) is 0 Å². The molecule has 0 heterocycles. The van der Waals surface area contributed by atoms with Crippen LogP contribution in [0.4, 0.5) is 0 Å². The summed E-state index contributed by atoms with van der Waals surface area (Å²) in [7, 11) is 1.72. The first kappa shape index (κ1) is 17.1. The molecule has 24 heavy (non-hydrogen) atoms. The first-order chi connectivity index (χ1) is 11.6. The molecule has 0 bridgehead atoms. The summed E-state index contributed by atoms with van der Waals surface area (Å²) in [6.45, 7) is 0.338. The third-order valence-electron chi connectivity index (χ3n) is 3.09. The molecule has 0 aliphatic heterocycles. The largest absolute Gasteiger partial charge is 0.508 e. The molecule has 124 valence electrons. The van der Waals surface area contributed by atoms with Gasteiger partial charge in [0.2, 0.25) is 0 Å². The second-order valence-electron chi connectivity index (χ2n) is 5.02. The van der Waals surface area contributed by atoms with Crippen LogP contribution in [-0.4, -0.2) is 23.9 Å². The lowest BCUT2D eigenvalue weighted by molar-refractivity contribution is -0.115. The van der Waals surface area contributed by atoms with Gasteiger partial charge in [-0.15, -0.1) is 0 Å². The van der Waals surface area contributed by atoms with Crippen molar-refractivity contribution >= 4 is 11.7 Å². The minimum Gasteiger partial charge on any atom is -0.508 e. The first-order valence-corrected chi connectivity index (χ1v) is 7.37. The molecule has 0 saturated heterocycles. The fourth-order valence-electron chi connectivity index (χ4n) is 1.96. The molecule has 0 unspecified atom stereocenters. The van der Waals surface area contributed by atoms with Gasteiger partial charge in [-0.2, -0.15) is 0 Å². The van der Waals surface area contributed by atoms with E-state index in [1.807, 2.05) is 30.3 Å². The summed E-state index contributed by atoms with van der Waals surface area (Å²) in [6, 6.07) is 14.0. The summed E-state index contributed by atoms with van der Waals surface area (Å²) in [6.07, 6.45) is 3.11. The van der Waals surface area contributed by atoms with Crippen LogP contribution in [0.5, 0.6) is 11.5 Å². The zero-order chi connectivity index (χ0) is 17.4. The maximum atomic E-state index is 12.2. The molecule has 0 saturated carbocycles. The number of carbonyl (C=O) groups excluding carboxylic acids is 1. The van der Waals surface area contributed by atoms with Gasteiger partial charge >= 0.3 is 5.91 Å². The molecule has 0 radical (unpaired) electrons. The quantitative estimate of drug-likeness (QED) is 0.461. The molecule has 6 heteroatoms. The fourth-order valence-corrected chi connectivity index (χ4v) is 1.96. The van der Waals surface area contributed by atoms with E-state index in [1.165, 1.54) is 18.2 Å². The van der Waals surface area contributed by atoms with Crippen molar-refractivity contribution in [3.05, 3.63) is 71.9 Å². The Bertz CT molecular complexity index is 742. The first-order valence-electron chi connectivity index (χ1n) is 7.37. The van der Waals surface area contributed by atoms with Gasteiger partial charge in [0.05, 0.1) is 5.56 Å². The van der Waals surface area contributed by atoms with Crippen molar-refractivity contribution < 1.29 is 20.0 Å². The number of benzene rings is 2. The van der Waals surface area contributed by atoms with Crippen LogP contribution in [0.3, 0.4) is 0 Å². The molecule has 1 amide bonds. The maximum absolute atomic E-state index is 12.2. The van der Waals surface area contributed by atoms with E-state index in [1.54, 1.807) is 19.3 Å². The second-order valence-corrected chi connectivity index (χ2v) is 5.02. The number of amides is 1. The molecule has 0 fully saturated rings. The lowest BCUT2D eigenvalue weighted by Crippen LogP contribution is -2.49. The Morgan fingerprint density at radius 2 is 2.00 bits per heavy atom. The van der Waals surface area contributed by atoms with Crippen molar-refractivity contribution in [2.45, 2.75) is 6.61 Å². The number of phenolic OH excluding ortho intramolecular Hbond substituents is 1. The van der Waals surface area contributed by atoms with E-state index in [4.69, 9.17) is 10.1 Å². The van der Waals surface area contributed by atoms with Crippen LogP contribution in [0.15, 0.2) is 60.8 Å². The van der Waals surface area contributed by atoms with Crippen LogP contribution in [0.2, 0.25) is 0 Å². The van der Waals surface area contributed by atoms with Crippen molar-refractivity contribution in [3.8, 4) is 11.5 Å². The molecule has 6 nitrogen and oxygen atoms in total. The van der Waals surface area contributed by atoms with E-state index in [0.29, 0.717) is 12.4 Å². The highest BCUT2D eigenvalue weighted by Gasteiger charge is 2.15. The van der Waals surface area contributed by atoms with Crippen LogP contribution < -0.4 is 20.8 Å². The highest BCUT2D eigenvalue weighted by Crippen LogP contribution is 2.22. The van der Waals surface area contributed by atoms with Crippen molar-refractivity contribution in [1.82, 2.24) is 10.6 Å². The van der Waals surface area contributed by atoms with E-state index in [2.05, 4.69) is 10.6 Å². The number of nitrogens with one attached hydrogen (secondary N) is 2. The van der Waals surface area contributed by atoms with Crippen LogP contribution in [0.1, 0.15) is 15.9 Å². The predicted octanol–water partition coefficient (Wildman–Crippen LogP) is 0.592. The molecule has 0 aliphatic rings. The van der Waals surface area contributed by atoms with E-state index < -0.39 is 5.91 Å². The smallest absolute Gasteiger partial charge is 0.339 e. The van der Waals surface area contributed by atoms with Gasteiger partial charge < -0.3 is 15.2 Å². The average molecular weight is 326 g/mol. The van der Waals surface area contributed by atoms with E-state index >= 15 is 0 Å². The molecule has 0 aliphatic carbocycles. The Hall–Kier alpha value is -3.28. The Morgan fingerprint density at radius 1 is 1.25 bits per heavy atom. The van der Waals surface area contributed by atoms with E-state index in [9.17, 15) is 9.90 Å².